The zero-order valence-corrected chi connectivity index (χ0v) is 15.2. The first-order valence-corrected chi connectivity index (χ1v) is 8.94. The van der Waals surface area contributed by atoms with Crippen LogP contribution in [0.1, 0.15) is 28.5 Å². The minimum Gasteiger partial charge on any atom is -0.461 e. The van der Waals surface area contributed by atoms with E-state index in [2.05, 4.69) is 4.98 Å². The van der Waals surface area contributed by atoms with Crippen LogP contribution >= 0.6 is 0 Å². The number of pyridine rings is 1. The Hall–Kier alpha value is -3.73. The SMILES string of the molecule is CCOC(=O)c1cc(/C=C/c2ccccc2)c2c(=O)oc3ccccc3c2n1. The summed E-state index contributed by atoms with van der Waals surface area (Å²) >= 11 is 0. The van der Waals surface area contributed by atoms with Crippen molar-refractivity contribution >= 4 is 40.0 Å². The molecule has 0 bridgehead atoms. The molecule has 5 heteroatoms. The molecule has 0 amide bonds. The zero-order chi connectivity index (χ0) is 19.5. The number of aromatic nitrogens is 1. The fourth-order valence-corrected chi connectivity index (χ4v) is 3.07. The van der Waals surface area contributed by atoms with Crippen molar-refractivity contribution in [2.75, 3.05) is 6.61 Å². The highest BCUT2D eigenvalue weighted by molar-refractivity contribution is 6.06. The van der Waals surface area contributed by atoms with Crippen LogP contribution in [0.4, 0.5) is 0 Å². The number of nitrogens with zero attached hydrogens (tertiary/aromatic N) is 1. The molecule has 2 aromatic carbocycles. The number of fused-ring (bicyclic) bond motifs is 3. The lowest BCUT2D eigenvalue weighted by Gasteiger charge is -2.08. The van der Waals surface area contributed by atoms with E-state index < -0.39 is 11.6 Å². The lowest BCUT2D eigenvalue weighted by Crippen LogP contribution is -2.10. The molecular formula is C23H17NO4. The number of para-hydroxylation sites is 1. The molecule has 0 fully saturated rings. The molecule has 0 N–H and O–H groups in total. The van der Waals surface area contributed by atoms with Gasteiger partial charge in [-0.25, -0.2) is 14.6 Å². The van der Waals surface area contributed by atoms with Crippen LogP contribution in [0.5, 0.6) is 0 Å². The van der Waals surface area contributed by atoms with Crippen LogP contribution < -0.4 is 5.63 Å². The van der Waals surface area contributed by atoms with E-state index in [4.69, 9.17) is 9.15 Å². The van der Waals surface area contributed by atoms with Gasteiger partial charge in [0.25, 0.3) is 0 Å². The van der Waals surface area contributed by atoms with Gasteiger partial charge in [0.05, 0.1) is 17.5 Å². The van der Waals surface area contributed by atoms with Gasteiger partial charge in [-0.1, -0.05) is 54.6 Å². The van der Waals surface area contributed by atoms with E-state index in [9.17, 15) is 9.59 Å². The summed E-state index contributed by atoms with van der Waals surface area (Å²) in [7, 11) is 0. The maximum Gasteiger partial charge on any atom is 0.356 e. The molecule has 0 saturated heterocycles. The van der Waals surface area contributed by atoms with Gasteiger partial charge < -0.3 is 9.15 Å². The van der Waals surface area contributed by atoms with Gasteiger partial charge in [-0.05, 0) is 36.2 Å². The first kappa shape index (κ1) is 17.7. The summed E-state index contributed by atoms with van der Waals surface area (Å²) in [5, 5.41) is 0.997. The lowest BCUT2D eigenvalue weighted by molar-refractivity contribution is 0.0520. The molecule has 0 saturated carbocycles. The molecule has 0 aliphatic carbocycles. The van der Waals surface area contributed by atoms with Crippen molar-refractivity contribution in [1.82, 2.24) is 4.98 Å². The van der Waals surface area contributed by atoms with E-state index in [1.165, 1.54) is 0 Å². The number of rotatable bonds is 4. The molecule has 4 aromatic rings. The van der Waals surface area contributed by atoms with E-state index in [1.807, 2.05) is 48.5 Å². The Morgan fingerprint density at radius 1 is 1.07 bits per heavy atom. The fraction of sp³-hybridized carbons (Fsp3) is 0.0870. The van der Waals surface area contributed by atoms with Gasteiger partial charge in [-0.3, -0.25) is 0 Å². The number of benzene rings is 2. The largest absolute Gasteiger partial charge is 0.461 e. The lowest BCUT2D eigenvalue weighted by atomic mass is 10.0. The Morgan fingerprint density at radius 2 is 1.82 bits per heavy atom. The van der Waals surface area contributed by atoms with Gasteiger partial charge in [0, 0.05) is 5.39 Å². The summed E-state index contributed by atoms with van der Waals surface area (Å²) in [6.45, 7) is 1.98. The van der Waals surface area contributed by atoms with Crippen molar-refractivity contribution in [2.45, 2.75) is 6.92 Å². The van der Waals surface area contributed by atoms with Crippen molar-refractivity contribution in [3.8, 4) is 0 Å². The molecule has 0 spiro atoms. The molecule has 0 atom stereocenters. The van der Waals surface area contributed by atoms with E-state index in [0.717, 1.165) is 5.56 Å². The predicted molar refractivity (Wildman–Crippen MR) is 109 cm³/mol. The number of carbonyl (C=O) groups is 1. The van der Waals surface area contributed by atoms with Gasteiger partial charge in [0.15, 0.2) is 0 Å². The number of hydrogen-bond donors (Lipinski definition) is 0. The average Bonchev–Trinajstić information content (AvgIpc) is 2.72. The Balaban J connectivity index is 2.01. The number of esters is 1. The van der Waals surface area contributed by atoms with Crippen LogP contribution in [0, 0.1) is 0 Å². The molecule has 28 heavy (non-hydrogen) atoms. The van der Waals surface area contributed by atoms with Crippen molar-refractivity contribution in [3.63, 3.8) is 0 Å². The van der Waals surface area contributed by atoms with Crippen LogP contribution in [0.3, 0.4) is 0 Å². The minimum absolute atomic E-state index is 0.151. The summed E-state index contributed by atoms with van der Waals surface area (Å²) in [6, 6.07) is 18.4. The smallest absolute Gasteiger partial charge is 0.356 e. The van der Waals surface area contributed by atoms with Crippen molar-refractivity contribution < 1.29 is 13.9 Å². The Morgan fingerprint density at radius 3 is 2.61 bits per heavy atom. The highest BCUT2D eigenvalue weighted by atomic mass is 16.5. The number of carbonyl (C=O) groups excluding carboxylic acids is 1. The van der Waals surface area contributed by atoms with Crippen molar-refractivity contribution in [1.29, 1.82) is 0 Å². The standard InChI is InChI=1S/C23H17NO4/c1-2-27-22(25)18-14-16(13-12-15-8-4-3-5-9-15)20-21(24-18)17-10-6-7-11-19(17)28-23(20)26/h3-14H,2H2,1H3/b13-12+. The minimum atomic E-state index is -0.531. The molecule has 2 aromatic heterocycles. The summed E-state index contributed by atoms with van der Waals surface area (Å²) in [6.07, 6.45) is 3.66. The molecule has 0 unspecified atom stereocenters. The topological polar surface area (TPSA) is 69.4 Å². The van der Waals surface area contributed by atoms with Crippen LogP contribution in [0.2, 0.25) is 0 Å². The van der Waals surface area contributed by atoms with Crippen LogP contribution in [-0.4, -0.2) is 17.6 Å². The fourth-order valence-electron chi connectivity index (χ4n) is 3.07. The Bertz CT molecular complexity index is 1260. The molecule has 4 rings (SSSR count). The molecule has 0 aliphatic heterocycles. The number of ether oxygens (including phenoxy) is 1. The highest BCUT2D eigenvalue weighted by Gasteiger charge is 2.17. The monoisotopic (exact) mass is 371 g/mol. The first-order valence-electron chi connectivity index (χ1n) is 8.94. The van der Waals surface area contributed by atoms with E-state index >= 15 is 0 Å². The van der Waals surface area contributed by atoms with E-state index in [-0.39, 0.29) is 12.3 Å². The van der Waals surface area contributed by atoms with Gasteiger partial charge >= 0.3 is 11.6 Å². The molecular weight excluding hydrogens is 354 g/mol. The molecule has 0 aliphatic rings. The molecule has 138 valence electrons. The number of hydrogen-bond acceptors (Lipinski definition) is 5. The van der Waals surface area contributed by atoms with Crippen molar-refractivity contribution in [2.24, 2.45) is 0 Å². The molecule has 0 radical (unpaired) electrons. The van der Waals surface area contributed by atoms with Gasteiger partial charge in [0.1, 0.15) is 11.3 Å². The Kier molecular flexibility index (Phi) is 4.72. The molecule has 5 nitrogen and oxygen atoms in total. The summed E-state index contributed by atoms with van der Waals surface area (Å²) in [5.74, 6) is -0.531. The van der Waals surface area contributed by atoms with Crippen LogP contribution in [-0.2, 0) is 4.74 Å². The Labute approximate surface area is 160 Å². The van der Waals surface area contributed by atoms with Crippen LogP contribution in [0.25, 0.3) is 34.0 Å². The van der Waals surface area contributed by atoms with Gasteiger partial charge in [-0.15, -0.1) is 0 Å². The van der Waals surface area contributed by atoms with Crippen molar-refractivity contribution in [3.05, 3.63) is 87.9 Å². The maximum atomic E-state index is 12.7. The third-order valence-electron chi connectivity index (χ3n) is 4.34. The first-order chi connectivity index (χ1) is 13.7. The van der Waals surface area contributed by atoms with E-state index in [1.54, 1.807) is 31.2 Å². The summed E-state index contributed by atoms with van der Waals surface area (Å²) in [4.78, 5) is 29.4. The highest BCUT2D eigenvalue weighted by Crippen LogP contribution is 2.25. The second-order valence-electron chi connectivity index (χ2n) is 6.17. The second-order valence-corrected chi connectivity index (χ2v) is 6.17. The third-order valence-corrected chi connectivity index (χ3v) is 4.34. The predicted octanol–water partition coefficient (Wildman–Crippen LogP) is 4.69. The van der Waals surface area contributed by atoms with Crippen LogP contribution in [0.15, 0.2) is 69.9 Å². The third kappa shape index (κ3) is 3.30. The zero-order valence-electron chi connectivity index (χ0n) is 15.2. The van der Waals surface area contributed by atoms with E-state index in [0.29, 0.717) is 27.4 Å². The second kappa shape index (κ2) is 7.48. The normalized spacial score (nSPS) is 11.3. The molecule has 2 heterocycles. The maximum absolute atomic E-state index is 12.7. The average molecular weight is 371 g/mol. The van der Waals surface area contributed by atoms with Gasteiger partial charge in [-0.2, -0.15) is 0 Å². The summed E-state index contributed by atoms with van der Waals surface area (Å²) in [5.41, 5.74) is 2.02. The summed E-state index contributed by atoms with van der Waals surface area (Å²) < 4.78 is 10.6. The quantitative estimate of drug-likeness (QED) is 0.296. The van der Waals surface area contributed by atoms with Gasteiger partial charge in [0.2, 0.25) is 0 Å².